The average Bonchev–Trinajstić information content (AvgIpc) is 2.20. The van der Waals surface area contributed by atoms with Crippen LogP contribution in [0.4, 0.5) is 0 Å². The molecule has 2 unspecified atom stereocenters. The number of aliphatic hydroxyl groups is 5. The van der Waals surface area contributed by atoms with Crippen LogP contribution in [0.5, 0.6) is 0 Å². The summed E-state index contributed by atoms with van der Waals surface area (Å²) in [5.41, 5.74) is 0. The van der Waals surface area contributed by atoms with E-state index in [1.807, 2.05) is 0 Å². The van der Waals surface area contributed by atoms with Crippen molar-refractivity contribution in [2.75, 3.05) is 0 Å². The molecular weight excluding hydrogens is 208 g/mol. The lowest BCUT2D eigenvalue weighted by atomic mass is 9.94. The third kappa shape index (κ3) is 2.51. The Balaban J connectivity index is 2.69. The molecule has 0 spiro atoms. The Bertz CT molecular complexity index is 221. The Morgan fingerprint density at radius 1 is 1.13 bits per heavy atom. The number of hydrogen-bond acceptors (Lipinski definition) is 7. The summed E-state index contributed by atoms with van der Waals surface area (Å²) in [6.07, 6.45) is -8.32. The fourth-order valence-corrected chi connectivity index (χ4v) is 1.41. The van der Waals surface area contributed by atoms with E-state index in [1.165, 1.54) is 6.29 Å². The Kier molecular flexibility index (Phi) is 4.14. The SMILES string of the molecule is O=[C]CC(O)[C@H]1OC(O)[C@@H](O)[C@@H](O)[C@@H]1O. The largest absolute Gasteiger partial charge is 0.390 e. The van der Waals surface area contributed by atoms with Crippen LogP contribution in [0.1, 0.15) is 6.42 Å². The summed E-state index contributed by atoms with van der Waals surface area (Å²) in [5, 5.41) is 46.2. The van der Waals surface area contributed by atoms with E-state index in [-0.39, 0.29) is 0 Å². The maximum absolute atomic E-state index is 10.00. The highest BCUT2D eigenvalue weighted by molar-refractivity contribution is 5.51. The molecule has 7 nitrogen and oxygen atoms in total. The van der Waals surface area contributed by atoms with Crippen LogP contribution < -0.4 is 0 Å². The predicted octanol–water partition coefficient (Wildman–Crippen LogP) is -3.35. The van der Waals surface area contributed by atoms with Crippen LogP contribution >= 0.6 is 0 Å². The van der Waals surface area contributed by atoms with Gasteiger partial charge in [0, 0.05) is 6.42 Å². The normalized spacial score (nSPS) is 43.7. The molecule has 0 aliphatic carbocycles. The highest BCUT2D eigenvalue weighted by Gasteiger charge is 2.45. The molecule has 7 heteroatoms. The van der Waals surface area contributed by atoms with Crippen LogP contribution in [0.2, 0.25) is 0 Å². The molecule has 1 aliphatic rings. The molecule has 1 fully saturated rings. The number of aliphatic hydroxyl groups excluding tert-OH is 5. The fraction of sp³-hybridized carbons (Fsp3) is 0.875. The van der Waals surface area contributed by atoms with Gasteiger partial charge in [-0.25, -0.2) is 0 Å². The van der Waals surface area contributed by atoms with Crippen molar-refractivity contribution in [3.05, 3.63) is 0 Å². The smallest absolute Gasteiger partial charge is 0.201 e. The van der Waals surface area contributed by atoms with Gasteiger partial charge in [-0.05, 0) is 0 Å². The second-order valence-electron chi connectivity index (χ2n) is 3.38. The van der Waals surface area contributed by atoms with Crippen molar-refractivity contribution in [1.82, 2.24) is 0 Å². The molecule has 0 aromatic rings. The van der Waals surface area contributed by atoms with E-state index in [0.29, 0.717) is 0 Å². The monoisotopic (exact) mass is 221 g/mol. The van der Waals surface area contributed by atoms with E-state index in [1.54, 1.807) is 0 Å². The minimum absolute atomic E-state index is 0.419. The molecule has 0 aromatic carbocycles. The van der Waals surface area contributed by atoms with Crippen LogP contribution in [0, 0.1) is 0 Å². The van der Waals surface area contributed by atoms with Crippen molar-refractivity contribution >= 4 is 6.29 Å². The van der Waals surface area contributed by atoms with Gasteiger partial charge < -0.3 is 30.3 Å². The van der Waals surface area contributed by atoms with Crippen molar-refractivity contribution in [3.63, 3.8) is 0 Å². The average molecular weight is 221 g/mol. The zero-order valence-electron chi connectivity index (χ0n) is 7.72. The summed E-state index contributed by atoms with van der Waals surface area (Å²) in [6, 6.07) is 0. The molecule has 1 radical (unpaired) electrons. The number of hydrogen-bond donors (Lipinski definition) is 5. The highest BCUT2D eigenvalue weighted by atomic mass is 16.6. The lowest BCUT2D eigenvalue weighted by molar-refractivity contribution is -0.296. The van der Waals surface area contributed by atoms with Crippen LogP contribution in [0.3, 0.4) is 0 Å². The van der Waals surface area contributed by atoms with Gasteiger partial charge in [-0.1, -0.05) is 0 Å². The van der Waals surface area contributed by atoms with Crippen molar-refractivity contribution in [1.29, 1.82) is 0 Å². The molecule has 0 saturated carbocycles. The molecule has 1 saturated heterocycles. The quantitative estimate of drug-likeness (QED) is 0.337. The van der Waals surface area contributed by atoms with Crippen LogP contribution in [-0.2, 0) is 9.53 Å². The van der Waals surface area contributed by atoms with E-state index in [4.69, 9.17) is 10.2 Å². The first kappa shape index (κ1) is 12.5. The second kappa shape index (κ2) is 4.97. The van der Waals surface area contributed by atoms with Gasteiger partial charge in [0.2, 0.25) is 6.29 Å². The highest BCUT2D eigenvalue weighted by Crippen LogP contribution is 2.22. The van der Waals surface area contributed by atoms with E-state index in [2.05, 4.69) is 4.74 Å². The van der Waals surface area contributed by atoms with E-state index in [9.17, 15) is 20.1 Å². The fourth-order valence-electron chi connectivity index (χ4n) is 1.41. The third-order valence-corrected chi connectivity index (χ3v) is 2.30. The van der Waals surface area contributed by atoms with Crippen molar-refractivity contribution in [3.8, 4) is 0 Å². The van der Waals surface area contributed by atoms with Gasteiger partial charge in [-0.3, -0.25) is 4.79 Å². The van der Waals surface area contributed by atoms with Crippen molar-refractivity contribution in [2.45, 2.75) is 43.2 Å². The molecule has 1 heterocycles. The molecule has 6 atom stereocenters. The van der Waals surface area contributed by atoms with Gasteiger partial charge in [0.25, 0.3) is 0 Å². The van der Waals surface area contributed by atoms with E-state index < -0.39 is 43.2 Å². The first-order valence-corrected chi connectivity index (χ1v) is 4.39. The van der Waals surface area contributed by atoms with Gasteiger partial charge in [-0.15, -0.1) is 0 Å². The molecule has 0 amide bonds. The third-order valence-electron chi connectivity index (χ3n) is 2.30. The van der Waals surface area contributed by atoms with Crippen LogP contribution in [0.15, 0.2) is 0 Å². The Morgan fingerprint density at radius 2 is 1.73 bits per heavy atom. The number of carbonyl (C=O) groups excluding carboxylic acids is 1. The minimum Gasteiger partial charge on any atom is -0.390 e. The summed E-state index contributed by atoms with van der Waals surface area (Å²) >= 11 is 0. The summed E-state index contributed by atoms with van der Waals surface area (Å²) < 4.78 is 4.66. The first-order chi connectivity index (χ1) is 6.99. The summed E-state index contributed by atoms with van der Waals surface area (Å²) in [7, 11) is 0. The Hall–Kier alpha value is -0.570. The minimum atomic E-state index is -1.71. The molecular formula is C8H13O7. The Morgan fingerprint density at radius 3 is 2.27 bits per heavy atom. The molecule has 87 valence electrons. The van der Waals surface area contributed by atoms with Crippen LogP contribution in [-0.4, -0.2) is 68.6 Å². The van der Waals surface area contributed by atoms with Gasteiger partial charge in [0.15, 0.2) is 6.29 Å². The molecule has 0 bridgehead atoms. The van der Waals surface area contributed by atoms with Gasteiger partial charge in [-0.2, -0.15) is 0 Å². The standard InChI is InChI=1S/C8H13O7/c9-2-1-3(10)7-5(12)4(11)6(13)8(14)15-7/h3-8,10-14H,1H2/t3?,4-,5-,6-,7+,8?/m0/s1. The first-order valence-electron chi connectivity index (χ1n) is 4.39. The predicted molar refractivity (Wildman–Crippen MR) is 45.2 cm³/mol. The summed E-state index contributed by atoms with van der Waals surface area (Å²) in [4.78, 5) is 10.00. The molecule has 0 aromatic heterocycles. The topological polar surface area (TPSA) is 127 Å². The molecule has 1 rings (SSSR count). The maximum Gasteiger partial charge on any atom is 0.201 e. The zero-order valence-corrected chi connectivity index (χ0v) is 7.72. The lowest BCUT2D eigenvalue weighted by Gasteiger charge is -2.39. The summed E-state index contributed by atoms with van der Waals surface area (Å²) in [5.74, 6) is 0. The summed E-state index contributed by atoms with van der Waals surface area (Å²) in [6.45, 7) is 0. The molecule has 15 heavy (non-hydrogen) atoms. The zero-order chi connectivity index (χ0) is 11.6. The van der Waals surface area contributed by atoms with Gasteiger partial charge in [0.1, 0.15) is 24.4 Å². The van der Waals surface area contributed by atoms with E-state index in [0.717, 1.165) is 0 Å². The number of ether oxygens (including phenoxy) is 1. The van der Waals surface area contributed by atoms with Gasteiger partial charge >= 0.3 is 0 Å². The van der Waals surface area contributed by atoms with Gasteiger partial charge in [0.05, 0.1) is 6.10 Å². The van der Waals surface area contributed by atoms with Crippen molar-refractivity contribution in [2.24, 2.45) is 0 Å². The molecule has 1 aliphatic heterocycles. The second-order valence-corrected chi connectivity index (χ2v) is 3.38. The van der Waals surface area contributed by atoms with E-state index >= 15 is 0 Å². The lowest BCUT2D eigenvalue weighted by Crippen LogP contribution is -2.60. The molecule has 5 N–H and O–H groups in total. The number of rotatable bonds is 3. The Labute approximate surface area is 85.5 Å². The van der Waals surface area contributed by atoms with Crippen molar-refractivity contribution < 1.29 is 35.1 Å². The maximum atomic E-state index is 10.00. The van der Waals surface area contributed by atoms with Crippen LogP contribution in [0.25, 0.3) is 0 Å².